The summed E-state index contributed by atoms with van der Waals surface area (Å²) in [7, 11) is 1.83. The molecule has 0 radical (unpaired) electrons. The van der Waals surface area contributed by atoms with Crippen molar-refractivity contribution < 1.29 is 14.3 Å². The summed E-state index contributed by atoms with van der Waals surface area (Å²) in [4.78, 5) is 25.7. The fourth-order valence-electron chi connectivity index (χ4n) is 3.00. The zero-order valence-corrected chi connectivity index (χ0v) is 15.7. The Bertz CT molecular complexity index is 804. The number of anilines is 1. The molecule has 0 saturated carbocycles. The third-order valence-corrected chi connectivity index (χ3v) is 4.51. The van der Waals surface area contributed by atoms with Gasteiger partial charge in [0.15, 0.2) is 5.82 Å². The van der Waals surface area contributed by atoms with Crippen LogP contribution in [0.15, 0.2) is 30.6 Å². The molecule has 3 rings (SSSR count). The van der Waals surface area contributed by atoms with Gasteiger partial charge in [0, 0.05) is 19.3 Å². The van der Waals surface area contributed by atoms with E-state index in [4.69, 9.17) is 4.74 Å². The maximum absolute atomic E-state index is 12.3. The maximum Gasteiger partial charge on any atom is 0.414 e. The lowest BCUT2D eigenvalue weighted by Crippen LogP contribution is -2.39. The van der Waals surface area contributed by atoms with Gasteiger partial charge in [-0.15, -0.1) is 10.2 Å². The van der Waals surface area contributed by atoms with Gasteiger partial charge in [-0.05, 0) is 38.0 Å². The van der Waals surface area contributed by atoms with Crippen LogP contribution in [0.1, 0.15) is 43.7 Å². The Morgan fingerprint density at radius 2 is 1.89 bits per heavy atom. The van der Waals surface area contributed by atoms with E-state index in [9.17, 15) is 9.59 Å². The molecule has 9 nitrogen and oxygen atoms in total. The molecule has 2 heterocycles. The van der Waals surface area contributed by atoms with Crippen molar-refractivity contribution in [2.45, 2.75) is 32.4 Å². The first-order valence-corrected chi connectivity index (χ1v) is 8.91. The standard InChI is InChI=1S/C18H24N6O3/c1-12(20-17(25)21-13(2)16-22-19-11-23(16)3)14-5-7-15(8-6-14)24-9-4-10-27-18(24)26/h5-8,11-13H,4,9-10H2,1-3H3,(H2,20,21,25). The van der Waals surface area contributed by atoms with E-state index in [0.29, 0.717) is 19.0 Å². The van der Waals surface area contributed by atoms with Gasteiger partial charge in [-0.2, -0.15) is 0 Å². The van der Waals surface area contributed by atoms with Crippen LogP contribution in [-0.4, -0.2) is 40.0 Å². The molecule has 2 unspecified atom stereocenters. The van der Waals surface area contributed by atoms with Gasteiger partial charge >= 0.3 is 12.1 Å². The normalized spacial score (nSPS) is 16.4. The molecule has 0 bridgehead atoms. The van der Waals surface area contributed by atoms with E-state index < -0.39 is 0 Å². The predicted octanol–water partition coefficient (Wildman–Crippen LogP) is 2.28. The molecule has 2 aromatic rings. The molecule has 2 atom stereocenters. The molecule has 1 saturated heterocycles. The Labute approximate surface area is 157 Å². The van der Waals surface area contributed by atoms with E-state index in [2.05, 4.69) is 20.8 Å². The van der Waals surface area contributed by atoms with Crippen molar-refractivity contribution in [2.24, 2.45) is 7.05 Å². The Kier molecular flexibility index (Phi) is 5.58. The van der Waals surface area contributed by atoms with Crippen LogP contribution in [0.5, 0.6) is 0 Å². The highest BCUT2D eigenvalue weighted by Gasteiger charge is 2.21. The van der Waals surface area contributed by atoms with Crippen molar-refractivity contribution in [3.05, 3.63) is 42.0 Å². The number of urea groups is 1. The molecule has 0 aliphatic carbocycles. The van der Waals surface area contributed by atoms with Crippen molar-refractivity contribution in [1.29, 1.82) is 0 Å². The number of hydrogen-bond donors (Lipinski definition) is 2. The quantitative estimate of drug-likeness (QED) is 0.838. The highest BCUT2D eigenvalue weighted by Crippen LogP contribution is 2.22. The van der Waals surface area contributed by atoms with E-state index >= 15 is 0 Å². The zero-order valence-electron chi connectivity index (χ0n) is 15.7. The number of carbonyl (C=O) groups is 2. The SMILES string of the molecule is CC(NC(=O)NC(C)c1nncn1C)c1ccc(N2CCCOC2=O)cc1. The minimum atomic E-state index is -0.322. The van der Waals surface area contributed by atoms with Gasteiger partial charge in [0.2, 0.25) is 0 Å². The molecular weight excluding hydrogens is 348 g/mol. The first-order chi connectivity index (χ1) is 13.0. The Balaban J connectivity index is 1.57. The molecular formula is C18H24N6O3. The number of carbonyl (C=O) groups excluding carboxylic acids is 2. The van der Waals surface area contributed by atoms with Crippen molar-refractivity contribution in [3.8, 4) is 0 Å². The zero-order chi connectivity index (χ0) is 19.4. The van der Waals surface area contributed by atoms with Gasteiger partial charge in [-0.25, -0.2) is 9.59 Å². The van der Waals surface area contributed by atoms with Crippen LogP contribution in [-0.2, 0) is 11.8 Å². The highest BCUT2D eigenvalue weighted by atomic mass is 16.6. The number of benzene rings is 1. The molecule has 1 aromatic heterocycles. The summed E-state index contributed by atoms with van der Waals surface area (Å²) in [6.45, 7) is 4.86. The molecule has 1 aliphatic heterocycles. The number of aryl methyl sites for hydroxylation is 1. The van der Waals surface area contributed by atoms with Crippen molar-refractivity contribution >= 4 is 17.8 Å². The summed E-state index contributed by atoms with van der Waals surface area (Å²) in [6, 6.07) is 6.76. The Hall–Kier alpha value is -3.10. The molecule has 1 fully saturated rings. The first kappa shape index (κ1) is 18.7. The second kappa shape index (κ2) is 8.07. The van der Waals surface area contributed by atoms with Gasteiger partial charge in [0.25, 0.3) is 0 Å². The van der Waals surface area contributed by atoms with Gasteiger partial charge in [-0.3, -0.25) is 4.90 Å². The van der Waals surface area contributed by atoms with Crippen molar-refractivity contribution in [2.75, 3.05) is 18.1 Å². The molecule has 144 valence electrons. The molecule has 0 spiro atoms. The predicted molar refractivity (Wildman–Crippen MR) is 99.3 cm³/mol. The van der Waals surface area contributed by atoms with Crippen molar-refractivity contribution in [3.63, 3.8) is 0 Å². The minimum Gasteiger partial charge on any atom is -0.449 e. The third kappa shape index (κ3) is 4.36. The number of amides is 3. The highest BCUT2D eigenvalue weighted by molar-refractivity contribution is 5.88. The third-order valence-electron chi connectivity index (χ3n) is 4.51. The molecule has 2 N–H and O–H groups in total. The van der Waals surface area contributed by atoms with Crippen LogP contribution < -0.4 is 15.5 Å². The van der Waals surface area contributed by atoms with E-state index in [-0.39, 0.29) is 24.2 Å². The van der Waals surface area contributed by atoms with Gasteiger partial charge in [0.1, 0.15) is 6.33 Å². The first-order valence-electron chi connectivity index (χ1n) is 8.91. The van der Waals surface area contributed by atoms with Crippen LogP contribution >= 0.6 is 0 Å². The number of cyclic esters (lactones) is 1. The van der Waals surface area contributed by atoms with Crippen LogP contribution in [0.4, 0.5) is 15.3 Å². The number of nitrogens with zero attached hydrogens (tertiary/aromatic N) is 4. The fraction of sp³-hybridized carbons (Fsp3) is 0.444. The van der Waals surface area contributed by atoms with Gasteiger partial charge in [0.05, 0.1) is 18.7 Å². The number of rotatable bonds is 5. The molecule has 27 heavy (non-hydrogen) atoms. The molecule has 1 aliphatic rings. The van der Waals surface area contributed by atoms with Gasteiger partial charge in [-0.1, -0.05) is 12.1 Å². The Morgan fingerprint density at radius 1 is 1.19 bits per heavy atom. The summed E-state index contributed by atoms with van der Waals surface area (Å²) in [5.41, 5.74) is 1.72. The summed E-state index contributed by atoms with van der Waals surface area (Å²) >= 11 is 0. The van der Waals surface area contributed by atoms with Crippen LogP contribution in [0.2, 0.25) is 0 Å². The summed E-state index contributed by atoms with van der Waals surface area (Å²) in [6.07, 6.45) is 2.08. The van der Waals surface area contributed by atoms with Crippen LogP contribution in [0.25, 0.3) is 0 Å². The number of ether oxygens (including phenoxy) is 1. The summed E-state index contributed by atoms with van der Waals surface area (Å²) in [5, 5.41) is 13.6. The number of hydrogen-bond acceptors (Lipinski definition) is 5. The van der Waals surface area contributed by atoms with Crippen molar-refractivity contribution in [1.82, 2.24) is 25.4 Å². The average molecular weight is 372 g/mol. The van der Waals surface area contributed by atoms with Gasteiger partial charge < -0.3 is 19.9 Å². The summed E-state index contributed by atoms with van der Waals surface area (Å²) < 4.78 is 6.82. The fourth-order valence-corrected chi connectivity index (χ4v) is 3.00. The van der Waals surface area contributed by atoms with Crippen LogP contribution in [0, 0.1) is 0 Å². The largest absolute Gasteiger partial charge is 0.449 e. The second-order valence-corrected chi connectivity index (χ2v) is 6.57. The minimum absolute atomic E-state index is 0.195. The average Bonchev–Trinajstić information content (AvgIpc) is 3.08. The lowest BCUT2D eigenvalue weighted by Gasteiger charge is -2.26. The topological polar surface area (TPSA) is 101 Å². The van der Waals surface area contributed by atoms with E-state index in [1.807, 2.05) is 45.2 Å². The monoisotopic (exact) mass is 372 g/mol. The Morgan fingerprint density at radius 3 is 2.52 bits per heavy atom. The molecule has 3 amide bonds. The van der Waals surface area contributed by atoms with E-state index in [0.717, 1.165) is 17.7 Å². The second-order valence-electron chi connectivity index (χ2n) is 6.57. The molecule has 9 heteroatoms. The van der Waals surface area contributed by atoms with Crippen LogP contribution in [0.3, 0.4) is 0 Å². The summed E-state index contributed by atoms with van der Waals surface area (Å²) in [5.74, 6) is 0.676. The lowest BCUT2D eigenvalue weighted by atomic mass is 10.1. The smallest absolute Gasteiger partial charge is 0.414 e. The molecule has 1 aromatic carbocycles. The number of nitrogens with one attached hydrogen (secondary N) is 2. The van der Waals surface area contributed by atoms with E-state index in [1.54, 1.807) is 15.8 Å². The van der Waals surface area contributed by atoms with E-state index in [1.165, 1.54) is 0 Å². The maximum atomic E-state index is 12.3. The number of aromatic nitrogens is 3. The lowest BCUT2D eigenvalue weighted by molar-refractivity contribution is 0.140.